The molecular weight excluding hydrogens is 262 g/mol. The van der Waals surface area contributed by atoms with Gasteiger partial charge in [-0.2, -0.15) is 0 Å². The Bertz CT molecular complexity index is 575. The van der Waals surface area contributed by atoms with Crippen molar-refractivity contribution in [2.75, 3.05) is 26.3 Å². The number of carboxylic acids is 1. The van der Waals surface area contributed by atoms with Gasteiger partial charge in [-0.25, -0.2) is 0 Å². The summed E-state index contributed by atoms with van der Waals surface area (Å²) in [5, 5.41) is 8.83. The number of ether oxygens (including phenoxy) is 2. The average molecular weight is 275 g/mol. The molecule has 2 rings (SSSR count). The highest BCUT2D eigenvalue weighted by Crippen LogP contribution is 2.34. The van der Waals surface area contributed by atoms with Crippen molar-refractivity contribution in [2.24, 2.45) is 0 Å². The second-order valence-corrected chi connectivity index (χ2v) is 4.09. The fraction of sp³-hybridized carbons (Fsp3) is 0.286. The van der Waals surface area contributed by atoms with Crippen LogP contribution in [0.5, 0.6) is 11.5 Å². The first-order chi connectivity index (χ1) is 9.63. The number of nitrogens with zero attached hydrogens (tertiary/aromatic N) is 1. The van der Waals surface area contributed by atoms with E-state index in [-0.39, 0.29) is 12.1 Å². The SMILES string of the molecule is C#CCN(CC(=O)O)C(=O)c1cccc2c1OCCO2. The van der Waals surface area contributed by atoms with Crippen molar-refractivity contribution in [1.82, 2.24) is 4.90 Å². The Kier molecular flexibility index (Phi) is 4.11. The van der Waals surface area contributed by atoms with E-state index in [9.17, 15) is 9.59 Å². The van der Waals surface area contributed by atoms with Crippen LogP contribution in [-0.2, 0) is 4.79 Å². The third kappa shape index (κ3) is 2.83. The maximum Gasteiger partial charge on any atom is 0.323 e. The van der Waals surface area contributed by atoms with Gasteiger partial charge in [-0.05, 0) is 12.1 Å². The first kappa shape index (κ1) is 13.7. The Morgan fingerprint density at radius 3 is 2.80 bits per heavy atom. The number of amides is 1. The molecular formula is C14H13NO5. The topological polar surface area (TPSA) is 76.1 Å². The number of carboxylic acid groups (broad SMARTS) is 1. The Morgan fingerprint density at radius 2 is 2.10 bits per heavy atom. The summed E-state index contributed by atoms with van der Waals surface area (Å²) >= 11 is 0. The van der Waals surface area contributed by atoms with E-state index in [2.05, 4.69) is 5.92 Å². The van der Waals surface area contributed by atoms with Crippen molar-refractivity contribution in [3.8, 4) is 23.8 Å². The number of aliphatic carboxylic acids is 1. The number of hydrogen-bond acceptors (Lipinski definition) is 4. The van der Waals surface area contributed by atoms with Crippen LogP contribution in [0.2, 0.25) is 0 Å². The van der Waals surface area contributed by atoms with Crippen LogP contribution < -0.4 is 9.47 Å². The van der Waals surface area contributed by atoms with Crippen LogP contribution in [0.25, 0.3) is 0 Å². The van der Waals surface area contributed by atoms with E-state index in [1.54, 1.807) is 18.2 Å². The van der Waals surface area contributed by atoms with E-state index < -0.39 is 18.4 Å². The molecule has 1 heterocycles. The predicted octanol–water partition coefficient (Wildman–Crippen LogP) is 0.618. The first-order valence-electron chi connectivity index (χ1n) is 5.96. The van der Waals surface area contributed by atoms with Crippen LogP contribution in [0.3, 0.4) is 0 Å². The molecule has 1 N–H and O–H groups in total. The lowest BCUT2D eigenvalue weighted by Gasteiger charge is -2.23. The van der Waals surface area contributed by atoms with E-state index in [1.807, 2.05) is 0 Å². The minimum atomic E-state index is -1.13. The van der Waals surface area contributed by atoms with Crippen LogP contribution in [0.1, 0.15) is 10.4 Å². The molecule has 0 aliphatic carbocycles. The normalized spacial score (nSPS) is 12.3. The minimum absolute atomic E-state index is 0.0876. The lowest BCUT2D eigenvalue weighted by Crippen LogP contribution is -2.36. The van der Waals surface area contributed by atoms with Crippen molar-refractivity contribution in [3.63, 3.8) is 0 Å². The van der Waals surface area contributed by atoms with E-state index in [0.717, 1.165) is 4.90 Å². The molecule has 0 spiro atoms. The lowest BCUT2D eigenvalue weighted by atomic mass is 10.1. The zero-order valence-electron chi connectivity index (χ0n) is 10.7. The highest BCUT2D eigenvalue weighted by molar-refractivity contribution is 5.99. The maximum absolute atomic E-state index is 12.4. The van der Waals surface area contributed by atoms with Gasteiger partial charge < -0.3 is 19.5 Å². The van der Waals surface area contributed by atoms with Crippen molar-refractivity contribution in [2.45, 2.75) is 0 Å². The molecule has 0 atom stereocenters. The molecule has 6 nitrogen and oxygen atoms in total. The molecule has 1 aliphatic rings. The van der Waals surface area contributed by atoms with Crippen LogP contribution in [-0.4, -0.2) is 48.2 Å². The number of benzene rings is 1. The number of rotatable bonds is 4. The number of carbonyl (C=O) groups is 2. The monoisotopic (exact) mass is 275 g/mol. The zero-order chi connectivity index (χ0) is 14.5. The molecule has 1 aliphatic heterocycles. The van der Waals surface area contributed by atoms with Crippen LogP contribution in [0.15, 0.2) is 18.2 Å². The van der Waals surface area contributed by atoms with E-state index in [4.69, 9.17) is 21.0 Å². The first-order valence-corrected chi connectivity index (χ1v) is 5.96. The predicted molar refractivity (Wildman–Crippen MR) is 69.8 cm³/mol. The summed E-state index contributed by atoms with van der Waals surface area (Å²) in [5.74, 6) is 1.45. The van der Waals surface area contributed by atoms with Crippen molar-refractivity contribution >= 4 is 11.9 Å². The lowest BCUT2D eigenvalue weighted by molar-refractivity contribution is -0.137. The van der Waals surface area contributed by atoms with Crippen LogP contribution in [0.4, 0.5) is 0 Å². The third-order valence-electron chi connectivity index (χ3n) is 2.69. The molecule has 6 heteroatoms. The second kappa shape index (κ2) is 5.97. The summed E-state index contributed by atoms with van der Waals surface area (Å²) in [6, 6.07) is 4.89. The van der Waals surface area contributed by atoms with Gasteiger partial charge in [-0.15, -0.1) is 6.42 Å². The van der Waals surface area contributed by atoms with Gasteiger partial charge in [0, 0.05) is 0 Å². The molecule has 1 amide bonds. The third-order valence-corrected chi connectivity index (χ3v) is 2.69. The molecule has 0 saturated carbocycles. The van der Waals surface area contributed by atoms with Gasteiger partial charge >= 0.3 is 5.97 Å². The summed E-state index contributed by atoms with van der Waals surface area (Å²) in [5.41, 5.74) is 0.249. The molecule has 0 fully saturated rings. The Labute approximate surface area is 115 Å². The number of para-hydroxylation sites is 1. The fourth-order valence-electron chi connectivity index (χ4n) is 1.89. The van der Waals surface area contributed by atoms with E-state index in [0.29, 0.717) is 24.7 Å². The van der Waals surface area contributed by atoms with Crippen molar-refractivity contribution in [1.29, 1.82) is 0 Å². The highest BCUT2D eigenvalue weighted by atomic mass is 16.6. The standard InChI is InChI=1S/C14H13NO5/c1-2-6-15(9-12(16)17)14(18)10-4-3-5-11-13(10)20-8-7-19-11/h1,3-5H,6-9H2,(H,16,17). The molecule has 0 aromatic heterocycles. The van der Waals surface area contributed by atoms with Gasteiger partial charge in [0.2, 0.25) is 0 Å². The molecule has 0 unspecified atom stereocenters. The van der Waals surface area contributed by atoms with Crippen molar-refractivity contribution in [3.05, 3.63) is 23.8 Å². The average Bonchev–Trinajstić information content (AvgIpc) is 2.45. The minimum Gasteiger partial charge on any atom is -0.486 e. The molecule has 104 valence electrons. The number of fused-ring (bicyclic) bond motifs is 1. The molecule has 20 heavy (non-hydrogen) atoms. The Morgan fingerprint density at radius 1 is 1.35 bits per heavy atom. The van der Waals surface area contributed by atoms with Gasteiger partial charge in [0.25, 0.3) is 5.91 Å². The van der Waals surface area contributed by atoms with Crippen LogP contribution >= 0.6 is 0 Å². The fourth-order valence-corrected chi connectivity index (χ4v) is 1.89. The maximum atomic E-state index is 12.4. The Hall–Kier alpha value is -2.68. The summed E-state index contributed by atoms with van der Waals surface area (Å²) in [7, 11) is 0. The summed E-state index contributed by atoms with van der Waals surface area (Å²) < 4.78 is 10.8. The molecule has 0 bridgehead atoms. The van der Waals surface area contributed by atoms with Gasteiger partial charge in [-0.3, -0.25) is 9.59 Å². The summed E-state index contributed by atoms with van der Waals surface area (Å²) in [4.78, 5) is 24.2. The molecule has 0 radical (unpaired) electrons. The van der Waals surface area contributed by atoms with Crippen molar-refractivity contribution < 1.29 is 24.2 Å². The smallest absolute Gasteiger partial charge is 0.323 e. The number of carbonyl (C=O) groups excluding carboxylic acids is 1. The number of terminal acetylenes is 1. The van der Waals surface area contributed by atoms with E-state index >= 15 is 0 Å². The van der Waals surface area contributed by atoms with Gasteiger partial charge in [0.05, 0.1) is 12.1 Å². The summed E-state index contributed by atoms with van der Waals surface area (Å²) in [6.45, 7) is 0.197. The zero-order valence-corrected chi connectivity index (χ0v) is 10.7. The van der Waals surface area contributed by atoms with Gasteiger partial charge in [0.15, 0.2) is 11.5 Å². The summed E-state index contributed by atoms with van der Waals surface area (Å²) in [6.07, 6.45) is 5.17. The highest BCUT2D eigenvalue weighted by Gasteiger charge is 2.25. The quantitative estimate of drug-likeness (QED) is 0.815. The number of hydrogen-bond donors (Lipinski definition) is 1. The van der Waals surface area contributed by atoms with Gasteiger partial charge in [-0.1, -0.05) is 12.0 Å². The molecule has 1 aromatic carbocycles. The largest absolute Gasteiger partial charge is 0.486 e. The molecule has 0 saturated heterocycles. The second-order valence-electron chi connectivity index (χ2n) is 4.09. The van der Waals surface area contributed by atoms with Gasteiger partial charge in [0.1, 0.15) is 19.8 Å². The van der Waals surface area contributed by atoms with Crippen LogP contribution in [0, 0.1) is 12.3 Å². The molecule has 1 aromatic rings. The Balaban J connectivity index is 2.32. The van der Waals surface area contributed by atoms with E-state index in [1.165, 1.54) is 0 Å².